The number of nitro groups is 1. The molecule has 1 aromatic carbocycles. The number of benzene rings is 1. The maximum atomic E-state index is 11.9. The molecule has 0 unspecified atom stereocenters. The van der Waals surface area contributed by atoms with E-state index in [1.807, 2.05) is 0 Å². The van der Waals surface area contributed by atoms with E-state index in [-0.39, 0.29) is 18.2 Å². The van der Waals surface area contributed by atoms with Crippen molar-refractivity contribution in [1.82, 2.24) is 10.2 Å². The second-order valence-corrected chi connectivity index (χ2v) is 4.96. The van der Waals surface area contributed by atoms with Crippen molar-refractivity contribution in [3.63, 3.8) is 0 Å². The first-order valence-corrected chi connectivity index (χ1v) is 6.94. The molecule has 21 heavy (non-hydrogen) atoms. The van der Waals surface area contributed by atoms with Crippen LogP contribution in [0.2, 0.25) is 0 Å². The third kappa shape index (κ3) is 3.91. The van der Waals surface area contributed by atoms with Gasteiger partial charge >= 0.3 is 0 Å². The first kappa shape index (κ1) is 15.2. The molecule has 114 valence electrons. The van der Waals surface area contributed by atoms with Gasteiger partial charge in [-0.15, -0.1) is 0 Å². The normalized spacial score (nSPS) is 14.2. The van der Waals surface area contributed by atoms with Crippen molar-refractivity contribution in [2.45, 2.75) is 19.4 Å². The molecule has 1 amide bonds. The molecule has 1 heterocycles. The summed E-state index contributed by atoms with van der Waals surface area (Å²) in [6.07, 6.45) is 2.07. The van der Waals surface area contributed by atoms with Crippen molar-refractivity contribution in [3.05, 3.63) is 33.9 Å². The fraction of sp³-hybridized carbons (Fsp3) is 0.500. The van der Waals surface area contributed by atoms with Crippen LogP contribution in [0.4, 0.5) is 5.69 Å². The van der Waals surface area contributed by atoms with Gasteiger partial charge in [0.2, 0.25) is 0 Å². The van der Waals surface area contributed by atoms with Gasteiger partial charge in [0.05, 0.1) is 4.92 Å². The van der Waals surface area contributed by atoms with Gasteiger partial charge in [-0.25, -0.2) is 0 Å². The molecule has 7 nitrogen and oxygen atoms in total. The number of nitrogens with one attached hydrogen (secondary N) is 1. The molecule has 1 aliphatic heterocycles. The van der Waals surface area contributed by atoms with Crippen LogP contribution in [0.25, 0.3) is 0 Å². The second kappa shape index (κ2) is 7.03. The van der Waals surface area contributed by atoms with E-state index in [9.17, 15) is 14.9 Å². The molecule has 1 N–H and O–H groups in total. The number of amides is 1. The van der Waals surface area contributed by atoms with Crippen molar-refractivity contribution in [3.8, 4) is 5.75 Å². The van der Waals surface area contributed by atoms with Crippen LogP contribution in [-0.4, -0.2) is 42.5 Å². The van der Waals surface area contributed by atoms with Crippen LogP contribution < -0.4 is 10.1 Å². The number of non-ortho nitro benzene ring substituents is 1. The third-order valence-electron chi connectivity index (χ3n) is 3.43. The number of nitrogens with zero attached hydrogens (tertiary/aromatic N) is 2. The SMILES string of the molecule is CNCc1cc([N+](=O)[O-])ccc1OCC(=O)N1CCCC1. The number of likely N-dealkylation sites (tertiary alicyclic amines) is 1. The highest BCUT2D eigenvalue weighted by Gasteiger charge is 2.19. The summed E-state index contributed by atoms with van der Waals surface area (Å²) in [5.41, 5.74) is 0.680. The zero-order valence-corrected chi connectivity index (χ0v) is 12.0. The van der Waals surface area contributed by atoms with Gasteiger partial charge < -0.3 is 15.0 Å². The molecule has 1 fully saturated rings. The highest BCUT2D eigenvalue weighted by molar-refractivity contribution is 5.78. The minimum absolute atomic E-state index is 0.0125. The van der Waals surface area contributed by atoms with Gasteiger partial charge in [-0.3, -0.25) is 14.9 Å². The maximum Gasteiger partial charge on any atom is 0.270 e. The van der Waals surface area contributed by atoms with E-state index in [4.69, 9.17) is 4.74 Å². The number of hydrogen-bond acceptors (Lipinski definition) is 5. The molecule has 0 atom stereocenters. The number of ether oxygens (including phenoxy) is 1. The van der Waals surface area contributed by atoms with E-state index in [0.717, 1.165) is 25.9 Å². The van der Waals surface area contributed by atoms with Gasteiger partial charge in [0.25, 0.3) is 11.6 Å². The lowest BCUT2D eigenvalue weighted by Gasteiger charge is -2.16. The third-order valence-corrected chi connectivity index (χ3v) is 3.43. The van der Waals surface area contributed by atoms with Gasteiger partial charge in [0.1, 0.15) is 5.75 Å². The molecule has 0 radical (unpaired) electrons. The molecule has 0 spiro atoms. The Hall–Kier alpha value is -2.15. The predicted octanol–water partition coefficient (Wildman–Crippen LogP) is 1.32. The Morgan fingerprint density at radius 3 is 2.76 bits per heavy atom. The topological polar surface area (TPSA) is 84.7 Å². The lowest BCUT2D eigenvalue weighted by Crippen LogP contribution is -2.32. The van der Waals surface area contributed by atoms with E-state index < -0.39 is 4.92 Å². The van der Waals surface area contributed by atoms with Gasteiger partial charge in [-0.05, 0) is 26.0 Å². The number of hydrogen-bond donors (Lipinski definition) is 1. The van der Waals surface area contributed by atoms with Crippen molar-refractivity contribution in [1.29, 1.82) is 0 Å². The summed E-state index contributed by atoms with van der Waals surface area (Å²) in [7, 11) is 1.75. The smallest absolute Gasteiger partial charge is 0.270 e. The van der Waals surface area contributed by atoms with Crippen molar-refractivity contribution < 1.29 is 14.5 Å². The monoisotopic (exact) mass is 293 g/mol. The van der Waals surface area contributed by atoms with Crippen LogP contribution in [0.15, 0.2) is 18.2 Å². The fourth-order valence-electron chi connectivity index (χ4n) is 2.35. The van der Waals surface area contributed by atoms with Crippen LogP contribution in [-0.2, 0) is 11.3 Å². The lowest BCUT2D eigenvalue weighted by molar-refractivity contribution is -0.384. The van der Waals surface area contributed by atoms with Gasteiger partial charge in [-0.1, -0.05) is 0 Å². The number of carbonyl (C=O) groups is 1. The number of carbonyl (C=O) groups excluding carboxylic acids is 1. The van der Waals surface area contributed by atoms with Crippen LogP contribution in [0.5, 0.6) is 5.75 Å². The Labute approximate surface area is 123 Å². The minimum Gasteiger partial charge on any atom is -0.483 e. The van der Waals surface area contributed by atoms with Crippen LogP contribution in [0, 0.1) is 10.1 Å². The quantitative estimate of drug-likeness (QED) is 0.631. The summed E-state index contributed by atoms with van der Waals surface area (Å²) in [6, 6.07) is 4.39. The summed E-state index contributed by atoms with van der Waals surface area (Å²) in [6.45, 7) is 1.97. The molecule has 7 heteroatoms. The molecular formula is C14H19N3O4. The average molecular weight is 293 g/mol. The van der Waals surface area contributed by atoms with Crippen LogP contribution in [0.1, 0.15) is 18.4 Å². The summed E-state index contributed by atoms with van der Waals surface area (Å²) in [5, 5.41) is 13.7. The first-order chi connectivity index (χ1) is 10.1. The largest absolute Gasteiger partial charge is 0.483 e. The number of nitro benzene ring substituents is 1. The Bertz CT molecular complexity index is 527. The molecule has 1 aliphatic rings. The average Bonchev–Trinajstić information content (AvgIpc) is 3.00. The van der Waals surface area contributed by atoms with E-state index in [1.54, 1.807) is 18.0 Å². The van der Waals surface area contributed by atoms with E-state index in [2.05, 4.69) is 5.32 Å². The minimum atomic E-state index is -0.446. The second-order valence-electron chi connectivity index (χ2n) is 4.96. The summed E-state index contributed by atoms with van der Waals surface area (Å²) in [5.74, 6) is 0.462. The van der Waals surface area contributed by atoms with Crippen molar-refractivity contribution in [2.24, 2.45) is 0 Å². The first-order valence-electron chi connectivity index (χ1n) is 6.94. The fourth-order valence-corrected chi connectivity index (χ4v) is 2.35. The maximum absolute atomic E-state index is 11.9. The highest BCUT2D eigenvalue weighted by Crippen LogP contribution is 2.24. The molecular weight excluding hydrogens is 274 g/mol. The van der Waals surface area contributed by atoms with E-state index in [1.165, 1.54) is 12.1 Å². The summed E-state index contributed by atoms with van der Waals surface area (Å²) in [4.78, 5) is 24.1. The molecule has 0 aromatic heterocycles. The molecule has 0 bridgehead atoms. The van der Waals surface area contributed by atoms with E-state index in [0.29, 0.717) is 17.9 Å². The van der Waals surface area contributed by atoms with Gasteiger partial charge in [-0.2, -0.15) is 0 Å². The zero-order chi connectivity index (χ0) is 15.2. The molecule has 1 aromatic rings. The van der Waals surface area contributed by atoms with Crippen LogP contribution in [0.3, 0.4) is 0 Å². The molecule has 1 saturated heterocycles. The molecule has 0 aliphatic carbocycles. The van der Waals surface area contributed by atoms with Crippen molar-refractivity contribution >= 4 is 11.6 Å². The Balaban J connectivity index is 2.04. The highest BCUT2D eigenvalue weighted by atomic mass is 16.6. The van der Waals surface area contributed by atoms with Gasteiger partial charge in [0, 0.05) is 37.3 Å². The number of rotatable bonds is 6. The Morgan fingerprint density at radius 2 is 2.14 bits per heavy atom. The Morgan fingerprint density at radius 1 is 1.43 bits per heavy atom. The standard InChI is InChI=1S/C14H19N3O4/c1-15-9-11-8-12(17(19)20)4-5-13(11)21-10-14(18)16-6-2-3-7-16/h4-5,8,15H,2-3,6-7,9-10H2,1H3. The van der Waals surface area contributed by atoms with Crippen LogP contribution >= 0.6 is 0 Å². The van der Waals surface area contributed by atoms with Gasteiger partial charge in [0.15, 0.2) is 6.61 Å². The molecule has 2 rings (SSSR count). The van der Waals surface area contributed by atoms with Crippen molar-refractivity contribution in [2.75, 3.05) is 26.7 Å². The zero-order valence-electron chi connectivity index (χ0n) is 12.0. The summed E-state index contributed by atoms with van der Waals surface area (Å²) >= 11 is 0. The predicted molar refractivity (Wildman–Crippen MR) is 77.2 cm³/mol. The summed E-state index contributed by atoms with van der Waals surface area (Å²) < 4.78 is 5.54. The lowest BCUT2D eigenvalue weighted by atomic mass is 10.1. The molecule has 0 saturated carbocycles. The van der Waals surface area contributed by atoms with E-state index >= 15 is 0 Å². The Kier molecular flexibility index (Phi) is 5.10.